The summed E-state index contributed by atoms with van der Waals surface area (Å²) in [6, 6.07) is 50.7. The zero-order valence-corrected chi connectivity index (χ0v) is 33.5. The van der Waals surface area contributed by atoms with Crippen LogP contribution in [0.2, 0.25) is 0 Å². The predicted octanol–water partition coefficient (Wildman–Crippen LogP) is 10.1. The van der Waals surface area contributed by atoms with E-state index in [1.807, 2.05) is 66.7 Å². The molecule has 8 rings (SSSR count). The molecule has 0 spiro atoms. The monoisotopic (exact) mass is 824 g/mol. The molecule has 12 heteroatoms. The second-order valence-electron chi connectivity index (χ2n) is 13.4. The molecule has 0 aromatic heterocycles. The molecule has 0 radical (unpaired) electrons. The molecule has 0 atom stereocenters. The first-order valence-corrected chi connectivity index (χ1v) is 19.0. The summed E-state index contributed by atoms with van der Waals surface area (Å²) in [5, 5.41) is 50.3. The van der Waals surface area contributed by atoms with Gasteiger partial charge in [-0.3, -0.25) is 14.4 Å². The number of hydrogen-bond donors (Lipinski definition) is 6. The van der Waals surface area contributed by atoms with Gasteiger partial charge in [-0.2, -0.15) is 5.26 Å². The molecule has 8 aromatic carbocycles. The van der Waals surface area contributed by atoms with Gasteiger partial charge in [0, 0.05) is 11.1 Å². The number of phenolic OH excluding ortho intramolecular Hbond substituents is 3. The number of hydrogen-bond acceptors (Lipinski definition) is 9. The highest BCUT2D eigenvalue weighted by Gasteiger charge is 2.16. The molecule has 308 valence electrons. The maximum Gasteiger partial charge on any atom is 0.259 e. The van der Waals surface area contributed by atoms with Crippen molar-refractivity contribution in [3.8, 4) is 34.8 Å². The van der Waals surface area contributed by atoms with Crippen molar-refractivity contribution in [3.05, 3.63) is 192 Å². The molecule has 0 aliphatic heterocycles. The molecule has 0 unspecified atom stereocenters. The van der Waals surface area contributed by atoms with Gasteiger partial charge in [0.2, 0.25) is 0 Å². The Morgan fingerprint density at radius 1 is 0.484 bits per heavy atom. The van der Waals surface area contributed by atoms with Crippen molar-refractivity contribution in [2.75, 3.05) is 30.2 Å². The third kappa shape index (κ3) is 10.4. The van der Waals surface area contributed by atoms with E-state index in [0.29, 0.717) is 39.5 Å². The molecule has 0 bridgehead atoms. The number of para-hydroxylation sites is 5. The van der Waals surface area contributed by atoms with Gasteiger partial charge < -0.3 is 40.7 Å². The molecular formula is C50H40N4O8. The first kappa shape index (κ1) is 42.8. The lowest BCUT2D eigenvalue weighted by Gasteiger charge is -2.11. The van der Waals surface area contributed by atoms with Gasteiger partial charge in [-0.25, -0.2) is 0 Å². The number of ether oxygens (including phenoxy) is 2. The summed E-state index contributed by atoms with van der Waals surface area (Å²) in [4.78, 5) is 36.7. The summed E-state index contributed by atoms with van der Waals surface area (Å²) in [6.45, 7) is 0. The first-order valence-electron chi connectivity index (χ1n) is 19.0. The van der Waals surface area contributed by atoms with Crippen molar-refractivity contribution in [2.24, 2.45) is 0 Å². The number of rotatable bonds is 8. The van der Waals surface area contributed by atoms with Crippen LogP contribution in [-0.2, 0) is 0 Å². The number of fused-ring (bicyclic) bond motifs is 2. The Morgan fingerprint density at radius 3 is 1.65 bits per heavy atom. The van der Waals surface area contributed by atoms with Gasteiger partial charge >= 0.3 is 0 Å². The molecule has 8 aromatic rings. The van der Waals surface area contributed by atoms with Gasteiger partial charge in [0.05, 0.1) is 53.9 Å². The molecule has 3 amide bonds. The zero-order valence-electron chi connectivity index (χ0n) is 33.5. The summed E-state index contributed by atoms with van der Waals surface area (Å²) in [5.74, 6) is -0.191. The van der Waals surface area contributed by atoms with Crippen molar-refractivity contribution in [1.82, 2.24) is 0 Å². The molecule has 12 nitrogen and oxygen atoms in total. The quantitative estimate of drug-likeness (QED) is 0.0866. The van der Waals surface area contributed by atoms with Crippen molar-refractivity contribution < 1.29 is 39.2 Å². The smallest absolute Gasteiger partial charge is 0.259 e. The fourth-order valence-electron chi connectivity index (χ4n) is 6.25. The number of anilines is 3. The van der Waals surface area contributed by atoms with E-state index in [1.54, 1.807) is 110 Å². The molecule has 62 heavy (non-hydrogen) atoms. The number of benzene rings is 8. The van der Waals surface area contributed by atoms with Crippen LogP contribution in [0.4, 0.5) is 17.1 Å². The van der Waals surface area contributed by atoms with E-state index in [4.69, 9.17) is 14.7 Å². The Morgan fingerprint density at radius 2 is 1.02 bits per heavy atom. The fourth-order valence-corrected chi connectivity index (χ4v) is 6.25. The van der Waals surface area contributed by atoms with Gasteiger partial charge in [-0.15, -0.1) is 0 Å². The minimum atomic E-state index is -0.418. The van der Waals surface area contributed by atoms with E-state index in [-0.39, 0.29) is 45.8 Å². The Labute approximate surface area is 356 Å². The van der Waals surface area contributed by atoms with E-state index in [0.717, 1.165) is 16.2 Å². The SMILES string of the molecule is COc1ccccc1NC(=O)c1ccc2ccccc2c1O.COc1ccccc1NC(=O)c1ccccc1O.N#Cc1cccc(NC(=O)c2cc3ccccc3cc2O)c1. The Kier molecular flexibility index (Phi) is 14.0. The minimum absolute atomic E-state index is 0.0227. The number of phenols is 3. The Balaban J connectivity index is 0.000000156. The summed E-state index contributed by atoms with van der Waals surface area (Å²) < 4.78 is 10.3. The topological polar surface area (TPSA) is 190 Å². The average Bonchev–Trinajstić information content (AvgIpc) is 3.30. The number of nitrogens with zero attached hydrogens (tertiary/aromatic N) is 1. The van der Waals surface area contributed by atoms with Gasteiger partial charge in [0.15, 0.2) is 0 Å². The zero-order chi connectivity index (χ0) is 44.0. The maximum absolute atomic E-state index is 12.4. The summed E-state index contributed by atoms with van der Waals surface area (Å²) in [6.07, 6.45) is 0. The van der Waals surface area contributed by atoms with Crippen LogP contribution in [-0.4, -0.2) is 47.3 Å². The van der Waals surface area contributed by atoms with Crippen molar-refractivity contribution in [1.29, 1.82) is 5.26 Å². The van der Waals surface area contributed by atoms with Gasteiger partial charge in [0.1, 0.15) is 28.7 Å². The second kappa shape index (κ2) is 20.2. The number of amides is 3. The number of aromatic hydroxyl groups is 3. The van der Waals surface area contributed by atoms with E-state index in [2.05, 4.69) is 16.0 Å². The van der Waals surface area contributed by atoms with E-state index in [1.165, 1.54) is 13.2 Å². The van der Waals surface area contributed by atoms with Gasteiger partial charge in [0.25, 0.3) is 17.7 Å². The maximum atomic E-state index is 12.4. The third-order valence-electron chi connectivity index (χ3n) is 9.36. The lowest BCUT2D eigenvalue weighted by Crippen LogP contribution is -2.12. The molecule has 0 saturated carbocycles. The van der Waals surface area contributed by atoms with Gasteiger partial charge in [-0.05, 0) is 89.0 Å². The van der Waals surface area contributed by atoms with Gasteiger partial charge in [-0.1, -0.05) is 97.1 Å². The summed E-state index contributed by atoms with van der Waals surface area (Å²) in [5.41, 5.74) is 2.74. The highest BCUT2D eigenvalue weighted by molar-refractivity contribution is 6.11. The molecule has 6 N–H and O–H groups in total. The van der Waals surface area contributed by atoms with E-state index >= 15 is 0 Å². The molecule has 0 saturated heterocycles. The number of nitrogens with one attached hydrogen (secondary N) is 3. The molecule has 0 aliphatic rings. The number of carbonyl (C=O) groups excluding carboxylic acids is 3. The standard InChI is InChI=1S/C18H12N2O2.C18H15NO3.C14H13NO3/c19-11-12-4-3-7-15(8-12)20-18(22)16-9-13-5-1-2-6-14(13)10-17(16)21;1-22-16-9-5-4-8-15(16)19-18(21)14-11-10-12-6-2-3-7-13(12)17(14)20;1-18-13-9-5-3-7-11(13)15-14(17)10-6-2-4-8-12(10)16/h1-10,21H,(H,20,22);2-11,20H,1H3,(H,19,21);2-9,16H,1H3,(H,15,17). The van der Waals surface area contributed by atoms with Crippen LogP contribution in [0.25, 0.3) is 21.5 Å². The largest absolute Gasteiger partial charge is 0.507 e. The average molecular weight is 825 g/mol. The van der Waals surface area contributed by atoms with Crippen LogP contribution in [0, 0.1) is 11.3 Å². The van der Waals surface area contributed by atoms with Crippen molar-refractivity contribution >= 4 is 56.3 Å². The summed E-state index contributed by atoms with van der Waals surface area (Å²) >= 11 is 0. The Bertz CT molecular complexity index is 2940. The van der Waals surface area contributed by atoms with E-state index in [9.17, 15) is 29.7 Å². The number of methoxy groups -OCH3 is 2. The predicted molar refractivity (Wildman–Crippen MR) is 240 cm³/mol. The molecule has 0 aliphatic carbocycles. The highest BCUT2D eigenvalue weighted by atomic mass is 16.5. The number of carbonyl (C=O) groups is 3. The molecule has 0 heterocycles. The van der Waals surface area contributed by atoms with Crippen LogP contribution >= 0.6 is 0 Å². The third-order valence-corrected chi connectivity index (χ3v) is 9.36. The lowest BCUT2D eigenvalue weighted by molar-refractivity contribution is 0.101. The normalized spacial score (nSPS) is 10.1. The van der Waals surface area contributed by atoms with Crippen LogP contribution < -0.4 is 25.4 Å². The van der Waals surface area contributed by atoms with E-state index < -0.39 is 5.91 Å². The van der Waals surface area contributed by atoms with Crippen LogP contribution in [0.15, 0.2) is 170 Å². The first-order chi connectivity index (χ1) is 30.1. The van der Waals surface area contributed by atoms with Crippen LogP contribution in [0.1, 0.15) is 36.6 Å². The highest BCUT2D eigenvalue weighted by Crippen LogP contribution is 2.31. The van der Waals surface area contributed by atoms with Crippen molar-refractivity contribution in [2.45, 2.75) is 0 Å². The van der Waals surface area contributed by atoms with Crippen LogP contribution in [0.5, 0.6) is 28.7 Å². The Hall–Kier alpha value is -8.82. The minimum Gasteiger partial charge on any atom is -0.507 e. The summed E-state index contributed by atoms with van der Waals surface area (Å²) in [7, 11) is 3.07. The number of nitriles is 1. The molecular weight excluding hydrogens is 785 g/mol. The van der Waals surface area contributed by atoms with Crippen molar-refractivity contribution in [3.63, 3.8) is 0 Å². The van der Waals surface area contributed by atoms with Crippen LogP contribution in [0.3, 0.4) is 0 Å². The lowest BCUT2D eigenvalue weighted by atomic mass is 10.0. The fraction of sp³-hybridized carbons (Fsp3) is 0.0400. The molecule has 0 fully saturated rings. The second-order valence-corrected chi connectivity index (χ2v) is 13.4.